The Kier molecular flexibility index (Phi) is 3.15. The maximum Gasteiger partial charge on any atom is 0.223 e. The second-order valence-electron chi connectivity index (χ2n) is 4.25. The number of aromatic hydroxyl groups is 2. The lowest BCUT2D eigenvalue weighted by molar-refractivity contribution is -0.691. The highest BCUT2D eigenvalue weighted by Gasteiger charge is 2.19. The molecule has 0 atom stereocenters. The SMILES string of the molecule is CSc1ccc2c(O)c(O)c[n+](C(C)C)c2c1. The zero-order valence-electron chi connectivity index (χ0n) is 10.1. The molecular weight excluding hydrogens is 234 g/mol. The Morgan fingerprint density at radius 3 is 2.53 bits per heavy atom. The zero-order valence-corrected chi connectivity index (χ0v) is 11.0. The quantitative estimate of drug-likeness (QED) is 0.636. The third-order valence-electron chi connectivity index (χ3n) is 2.80. The molecule has 0 saturated carbocycles. The summed E-state index contributed by atoms with van der Waals surface area (Å²) in [6.07, 6.45) is 3.59. The van der Waals surface area contributed by atoms with Crippen LogP contribution < -0.4 is 4.57 Å². The monoisotopic (exact) mass is 250 g/mol. The van der Waals surface area contributed by atoms with Gasteiger partial charge in [0.15, 0.2) is 11.8 Å². The van der Waals surface area contributed by atoms with Gasteiger partial charge < -0.3 is 10.2 Å². The molecule has 0 aliphatic rings. The molecule has 1 heterocycles. The molecular formula is C13H16NO2S+. The number of nitrogens with zero attached hydrogens (tertiary/aromatic N) is 1. The highest BCUT2D eigenvalue weighted by molar-refractivity contribution is 7.98. The lowest BCUT2D eigenvalue weighted by Gasteiger charge is -2.08. The topological polar surface area (TPSA) is 44.3 Å². The maximum absolute atomic E-state index is 9.86. The molecule has 0 aliphatic heterocycles. The second kappa shape index (κ2) is 4.45. The van der Waals surface area contributed by atoms with E-state index in [2.05, 4.69) is 0 Å². The maximum atomic E-state index is 9.86. The molecule has 0 bridgehead atoms. The van der Waals surface area contributed by atoms with Gasteiger partial charge in [-0.1, -0.05) is 0 Å². The highest BCUT2D eigenvalue weighted by Crippen LogP contribution is 2.33. The summed E-state index contributed by atoms with van der Waals surface area (Å²) in [5.41, 5.74) is 0.933. The van der Waals surface area contributed by atoms with Gasteiger partial charge in [-0.3, -0.25) is 0 Å². The Morgan fingerprint density at radius 2 is 1.94 bits per heavy atom. The van der Waals surface area contributed by atoms with Gasteiger partial charge in [0.05, 0.1) is 5.39 Å². The van der Waals surface area contributed by atoms with Crippen molar-refractivity contribution in [2.24, 2.45) is 0 Å². The smallest absolute Gasteiger partial charge is 0.223 e. The van der Waals surface area contributed by atoms with E-state index in [9.17, 15) is 10.2 Å². The van der Waals surface area contributed by atoms with Gasteiger partial charge in [-0.2, -0.15) is 4.57 Å². The summed E-state index contributed by atoms with van der Waals surface area (Å²) in [4.78, 5) is 1.14. The largest absolute Gasteiger partial charge is 0.504 e. The summed E-state index contributed by atoms with van der Waals surface area (Å²) < 4.78 is 1.96. The van der Waals surface area contributed by atoms with E-state index in [-0.39, 0.29) is 17.5 Å². The van der Waals surface area contributed by atoms with Gasteiger partial charge in [-0.15, -0.1) is 11.8 Å². The summed E-state index contributed by atoms with van der Waals surface area (Å²) >= 11 is 1.66. The minimum absolute atomic E-state index is 0.0513. The van der Waals surface area contributed by atoms with Gasteiger partial charge in [-0.05, 0) is 32.2 Å². The molecule has 2 N–H and O–H groups in total. The minimum Gasteiger partial charge on any atom is -0.504 e. The molecule has 0 unspecified atom stereocenters. The van der Waals surface area contributed by atoms with E-state index >= 15 is 0 Å². The van der Waals surface area contributed by atoms with E-state index < -0.39 is 0 Å². The normalized spacial score (nSPS) is 11.3. The Morgan fingerprint density at radius 1 is 1.24 bits per heavy atom. The number of rotatable bonds is 2. The Balaban J connectivity index is 2.84. The summed E-state index contributed by atoms with van der Waals surface area (Å²) in [7, 11) is 0. The fourth-order valence-electron chi connectivity index (χ4n) is 1.88. The third kappa shape index (κ3) is 2.05. The summed E-state index contributed by atoms with van der Waals surface area (Å²) in [5, 5.41) is 20.2. The van der Waals surface area contributed by atoms with Crippen LogP contribution in [-0.4, -0.2) is 16.5 Å². The van der Waals surface area contributed by atoms with Crippen molar-refractivity contribution < 1.29 is 14.8 Å². The molecule has 1 aromatic heterocycles. The molecule has 3 nitrogen and oxygen atoms in total. The minimum atomic E-state index is -0.0805. The Bertz CT molecular complexity index is 567. The number of thioether (sulfide) groups is 1. The van der Waals surface area contributed by atoms with Crippen LogP contribution in [0.15, 0.2) is 29.3 Å². The molecule has 4 heteroatoms. The van der Waals surface area contributed by atoms with Crippen LogP contribution >= 0.6 is 11.8 Å². The Labute approximate surface area is 105 Å². The van der Waals surface area contributed by atoms with Crippen molar-refractivity contribution in [3.05, 3.63) is 24.4 Å². The second-order valence-corrected chi connectivity index (χ2v) is 5.13. The molecule has 1 aromatic carbocycles. The number of hydrogen-bond acceptors (Lipinski definition) is 3. The first-order valence-corrected chi connectivity index (χ1v) is 6.71. The van der Waals surface area contributed by atoms with E-state index in [0.29, 0.717) is 5.39 Å². The van der Waals surface area contributed by atoms with Crippen molar-refractivity contribution >= 4 is 22.7 Å². The van der Waals surface area contributed by atoms with Crippen LogP contribution in [-0.2, 0) is 0 Å². The van der Waals surface area contributed by atoms with Crippen molar-refractivity contribution in [1.82, 2.24) is 0 Å². The van der Waals surface area contributed by atoms with Crippen LogP contribution in [0.4, 0.5) is 0 Å². The fourth-order valence-corrected chi connectivity index (χ4v) is 2.31. The predicted octanol–water partition coefficient (Wildman–Crippen LogP) is 2.84. The fraction of sp³-hybridized carbons (Fsp3) is 0.308. The van der Waals surface area contributed by atoms with Gasteiger partial charge in [0, 0.05) is 11.0 Å². The molecule has 0 fully saturated rings. The molecule has 0 saturated heterocycles. The van der Waals surface area contributed by atoms with Crippen molar-refractivity contribution in [1.29, 1.82) is 0 Å². The Hall–Kier alpha value is -1.42. The third-order valence-corrected chi connectivity index (χ3v) is 3.52. The summed E-state index contributed by atoms with van der Waals surface area (Å²) in [6, 6.07) is 6.03. The van der Waals surface area contributed by atoms with E-state index in [1.54, 1.807) is 18.0 Å². The van der Waals surface area contributed by atoms with Crippen LogP contribution in [0.3, 0.4) is 0 Å². The molecule has 0 amide bonds. The molecule has 2 aromatic rings. The predicted molar refractivity (Wildman–Crippen MR) is 69.6 cm³/mol. The van der Waals surface area contributed by atoms with Gasteiger partial charge in [0.2, 0.25) is 17.5 Å². The van der Waals surface area contributed by atoms with Crippen LogP contribution in [0.5, 0.6) is 11.5 Å². The van der Waals surface area contributed by atoms with Gasteiger partial charge in [0.25, 0.3) is 0 Å². The molecule has 0 aliphatic carbocycles. The van der Waals surface area contributed by atoms with E-state index in [0.717, 1.165) is 10.4 Å². The first kappa shape index (κ1) is 12.0. The van der Waals surface area contributed by atoms with Crippen LogP contribution in [0.25, 0.3) is 10.9 Å². The summed E-state index contributed by atoms with van der Waals surface area (Å²) in [5.74, 6) is -0.132. The highest BCUT2D eigenvalue weighted by atomic mass is 32.2. The molecule has 2 rings (SSSR count). The van der Waals surface area contributed by atoms with Gasteiger partial charge in [-0.25, -0.2) is 0 Å². The van der Waals surface area contributed by atoms with E-state index in [1.807, 2.05) is 42.9 Å². The number of fused-ring (bicyclic) bond motifs is 1. The number of hydrogen-bond donors (Lipinski definition) is 2. The zero-order chi connectivity index (χ0) is 12.6. The van der Waals surface area contributed by atoms with E-state index in [4.69, 9.17) is 0 Å². The first-order chi connectivity index (χ1) is 8.04. The standard InChI is InChI=1S/C13H15NO2S/c1-8(2)14-7-12(15)13(16)10-5-4-9(17-3)6-11(10)14/h4-8,15H,1-3H3/p+1. The molecule has 17 heavy (non-hydrogen) atoms. The van der Waals surface area contributed by atoms with Crippen molar-refractivity contribution in [2.75, 3.05) is 6.26 Å². The van der Waals surface area contributed by atoms with E-state index in [1.165, 1.54) is 0 Å². The molecule has 0 radical (unpaired) electrons. The number of pyridine rings is 1. The van der Waals surface area contributed by atoms with Crippen molar-refractivity contribution in [3.63, 3.8) is 0 Å². The average molecular weight is 250 g/mol. The first-order valence-electron chi connectivity index (χ1n) is 5.48. The lowest BCUT2D eigenvalue weighted by Crippen LogP contribution is -2.36. The van der Waals surface area contributed by atoms with Crippen LogP contribution in [0.1, 0.15) is 19.9 Å². The van der Waals surface area contributed by atoms with Crippen LogP contribution in [0, 0.1) is 0 Å². The van der Waals surface area contributed by atoms with Crippen molar-refractivity contribution in [2.45, 2.75) is 24.8 Å². The van der Waals surface area contributed by atoms with Crippen LogP contribution in [0.2, 0.25) is 0 Å². The van der Waals surface area contributed by atoms with Gasteiger partial charge in [0.1, 0.15) is 0 Å². The molecule has 90 valence electrons. The van der Waals surface area contributed by atoms with Crippen molar-refractivity contribution in [3.8, 4) is 11.5 Å². The van der Waals surface area contributed by atoms with Gasteiger partial charge >= 0.3 is 0 Å². The lowest BCUT2D eigenvalue weighted by atomic mass is 10.1. The number of aromatic nitrogens is 1. The average Bonchev–Trinajstić information content (AvgIpc) is 2.32. The summed E-state index contributed by atoms with van der Waals surface area (Å²) in [6.45, 7) is 4.09. The number of benzene rings is 1. The molecule has 0 spiro atoms.